The molecule has 0 N–H and O–H groups in total. The molecule has 0 aromatic heterocycles. The van der Waals surface area contributed by atoms with Gasteiger partial charge in [0.15, 0.2) is 0 Å². The number of rotatable bonds is 2. The molecule has 0 spiro atoms. The van der Waals surface area contributed by atoms with Gasteiger partial charge >= 0.3 is 30.0 Å². The first-order valence-corrected chi connectivity index (χ1v) is 12.4. The standard InChI is InChI=1S/C12H14FO.BrH.Zn/c13-10-5-4-8-12(9-10)14-11-6-2-1-3-7-11;;/h5,8-9,11H,1-3,6-7H2;1H;/q-1;;+2/p-1. The fourth-order valence-corrected chi connectivity index (χ4v) is 1.87. The molecule has 2 rings (SSSR count). The van der Waals surface area contributed by atoms with Crippen LogP contribution in [-0.4, -0.2) is 6.10 Å². The van der Waals surface area contributed by atoms with Crippen LogP contribution < -0.4 is 4.74 Å². The van der Waals surface area contributed by atoms with E-state index in [0.717, 1.165) is 12.8 Å². The zero-order valence-electron chi connectivity index (χ0n) is 9.22. The minimum absolute atomic E-state index is 0.277. The van der Waals surface area contributed by atoms with Crippen LogP contribution in [0.15, 0.2) is 18.2 Å². The summed E-state index contributed by atoms with van der Waals surface area (Å²) in [7, 11) is 0. The Kier molecular flexibility index (Phi) is 7.22. The molecule has 1 aromatic carbocycles. The molecular formula is C12H14BrFOZn. The quantitative estimate of drug-likeness (QED) is 0.581. The Balaban J connectivity index is 0.000000606. The second kappa shape index (κ2) is 8.19. The SMILES string of the molecule is Fc1c[c-]cc(OC2CCCCC2)c1.[Zn+][Br]. The summed E-state index contributed by atoms with van der Waals surface area (Å²) in [5, 5.41) is 0. The Hall–Kier alpha value is 0.0534. The van der Waals surface area contributed by atoms with E-state index in [2.05, 4.69) is 19.7 Å². The van der Waals surface area contributed by atoms with Crippen molar-refractivity contribution in [2.75, 3.05) is 0 Å². The molecular weight excluding hydrogens is 324 g/mol. The molecule has 1 nitrogen and oxygen atoms in total. The maximum absolute atomic E-state index is 12.8. The molecule has 0 aliphatic heterocycles. The minimum atomic E-state index is -0.279. The predicted octanol–water partition coefficient (Wildman–Crippen LogP) is 4.18. The summed E-state index contributed by atoms with van der Waals surface area (Å²) in [5.74, 6) is 0.329. The van der Waals surface area contributed by atoms with Gasteiger partial charge in [-0.05, 0) is 25.7 Å². The van der Waals surface area contributed by atoms with Crippen molar-refractivity contribution in [2.24, 2.45) is 0 Å². The van der Waals surface area contributed by atoms with Crippen molar-refractivity contribution in [3.05, 3.63) is 30.1 Å². The zero-order chi connectivity index (χ0) is 11.8. The number of hydrogen-bond donors (Lipinski definition) is 0. The van der Waals surface area contributed by atoms with E-state index >= 15 is 0 Å². The molecule has 0 heterocycles. The average molecular weight is 339 g/mol. The normalized spacial score (nSPS) is 16.2. The van der Waals surface area contributed by atoms with Crippen molar-refractivity contribution in [1.82, 2.24) is 0 Å². The molecule has 1 aromatic rings. The van der Waals surface area contributed by atoms with Crippen LogP contribution >= 0.6 is 13.6 Å². The second-order valence-electron chi connectivity index (χ2n) is 3.76. The maximum atomic E-state index is 12.8. The summed E-state index contributed by atoms with van der Waals surface area (Å²) in [6.07, 6.45) is 6.22. The molecule has 0 bridgehead atoms. The van der Waals surface area contributed by atoms with Crippen LogP contribution in [0.3, 0.4) is 0 Å². The van der Waals surface area contributed by atoms with Crippen molar-refractivity contribution in [3.8, 4) is 5.75 Å². The average Bonchev–Trinajstić information content (AvgIpc) is 2.33. The summed E-state index contributed by atoms with van der Waals surface area (Å²) in [4.78, 5) is 0. The Morgan fingerprint density at radius 1 is 1.25 bits per heavy atom. The van der Waals surface area contributed by atoms with Crippen LogP contribution in [0.5, 0.6) is 5.75 Å². The van der Waals surface area contributed by atoms with Crippen LogP contribution in [-0.2, 0) is 16.3 Å². The van der Waals surface area contributed by atoms with Crippen LogP contribution in [0.1, 0.15) is 32.1 Å². The second-order valence-corrected chi connectivity index (χ2v) is 3.76. The first-order valence-electron chi connectivity index (χ1n) is 5.44. The van der Waals surface area contributed by atoms with Crippen LogP contribution in [0.2, 0.25) is 0 Å². The fourth-order valence-electron chi connectivity index (χ4n) is 1.87. The fraction of sp³-hybridized carbons (Fsp3) is 0.500. The van der Waals surface area contributed by atoms with Gasteiger partial charge in [0.25, 0.3) is 0 Å². The Bertz CT molecular complexity index is 303. The Morgan fingerprint density at radius 2 is 1.94 bits per heavy atom. The van der Waals surface area contributed by atoms with Crippen LogP contribution in [0.25, 0.3) is 0 Å². The number of benzene rings is 1. The molecule has 1 saturated carbocycles. The third-order valence-electron chi connectivity index (χ3n) is 2.58. The first-order chi connectivity index (χ1) is 7.84. The molecule has 0 unspecified atom stereocenters. The van der Waals surface area contributed by atoms with E-state index < -0.39 is 0 Å². The molecule has 84 valence electrons. The van der Waals surface area contributed by atoms with E-state index in [-0.39, 0.29) is 11.9 Å². The summed E-state index contributed by atoms with van der Waals surface area (Å²) < 4.78 is 18.5. The monoisotopic (exact) mass is 336 g/mol. The van der Waals surface area contributed by atoms with Gasteiger partial charge in [0, 0.05) is 11.6 Å². The van der Waals surface area contributed by atoms with Gasteiger partial charge in [0.1, 0.15) is 0 Å². The third-order valence-corrected chi connectivity index (χ3v) is 2.58. The summed E-state index contributed by atoms with van der Waals surface area (Å²) in [5.41, 5.74) is 0. The van der Waals surface area contributed by atoms with E-state index in [0.29, 0.717) is 5.75 Å². The summed E-state index contributed by atoms with van der Waals surface area (Å²) in [6.45, 7) is 0. The Labute approximate surface area is 113 Å². The topological polar surface area (TPSA) is 9.23 Å². The van der Waals surface area contributed by atoms with Crippen molar-refractivity contribution >= 4 is 13.6 Å². The van der Waals surface area contributed by atoms with E-state index in [4.69, 9.17) is 4.74 Å². The van der Waals surface area contributed by atoms with Gasteiger partial charge in [-0.3, -0.25) is 4.39 Å². The van der Waals surface area contributed by atoms with Gasteiger partial charge in [-0.25, -0.2) is 0 Å². The molecule has 16 heavy (non-hydrogen) atoms. The van der Waals surface area contributed by atoms with E-state index in [1.807, 2.05) is 0 Å². The first kappa shape index (κ1) is 14.1. The van der Waals surface area contributed by atoms with Crippen molar-refractivity contribution in [3.63, 3.8) is 0 Å². The third kappa shape index (κ3) is 4.92. The molecule has 0 radical (unpaired) electrons. The molecule has 1 aliphatic carbocycles. The Morgan fingerprint density at radius 3 is 2.56 bits per heavy atom. The van der Waals surface area contributed by atoms with E-state index in [9.17, 15) is 4.39 Å². The van der Waals surface area contributed by atoms with Gasteiger partial charge in [-0.15, -0.1) is 12.1 Å². The van der Waals surface area contributed by atoms with Gasteiger partial charge in [-0.2, -0.15) is 6.07 Å². The van der Waals surface area contributed by atoms with Crippen molar-refractivity contribution < 1.29 is 25.5 Å². The van der Waals surface area contributed by atoms with E-state index in [1.165, 1.54) is 47.7 Å². The molecule has 0 amide bonds. The zero-order valence-corrected chi connectivity index (χ0v) is 13.8. The predicted molar refractivity (Wildman–Crippen MR) is 61.7 cm³/mol. The van der Waals surface area contributed by atoms with Gasteiger partial charge in [-0.1, -0.05) is 12.5 Å². The molecule has 0 atom stereocenters. The van der Waals surface area contributed by atoms with Crippen molar-refractivity contribution in [1.29, 1.82) is 0 Å². The summed E-state index contributed by atoms with van der Waals surface area (Å²) in [6, 6.07) is 7.15. The van der Waals surface area contributed by atoms with Gasteiger partial charge in [0.05, 0.1) is 6.10 Å². The number of halogens is 2. The number of hydrogen-bond acceptors (Lipinski definition) is 1. The van der Waals surface area contributed by atoms with Gasteiger partial charge < -0.3 is 4.74 Å². The number of ether oxygens (including phenoxy) is 1. The molecule has 0 saturated heterocycles. The van der Waals surface area contributed by atoms with Crippen molar-refractivity contribution in [2.45, 2.75) is 38.2 Å². The summed E-state index contributed by atoms with van der Waals surface area (Å²) >= 11 is 4.25. The van der Waals surface area contributed by atoms with Gasteiger partial charge in [0.2, 0.25) is 0 Å². The van der Waals surface area contributed by atoms with Crippen LogP contribution in [0, 0.1) is 11.9 Å². The molecule has 4 heteroatoms. The molecule has 1 fully saturated rings. The van der Waals surface area contributed by atoms with E-state index in [1.54, 1.807) is 6.07 Å². The van der Waals surface area contributed by atoms with Crippen LogP contribution in [0.4, 0.5) is 4.39 Å². The molecule has 1 aliphatic rings.